The zero-order valence-corrected chi connectivity index (χ0v) is 10.8. The summed E-state index contributed by atoms with van der Waals surface area (Å²) in [4.78, 5) is 26.3. The molecule has 100 valence electrons. The number of nitriles is 1. The molecule has 1 aromatic heterocycles. The third-order valence-electron chi connectivity index (χ3n) is 2.73. The molecule has 2 aromatic rings. The van der Waals surface area contributed by atoms with Crippen molar-refractivity contribution in [2.24, 2.45) is 0 Å². The number of aromatic amines is 1. The van der Waals surface area contributed by atoms with E-state index in [1.807, 2.05) is 18.2 Å². The Kier molecular flexibility index (Phi) is 3.96. The maximum absolute atomic E-state index is 11.9. The SMILES string of the molecule is CCOC(=O)c1cc(-c2ccccc2)[nH]c(=O)c1C#N. The highest BCUT2D eigenvalue weighted by molar-refractivity contribution is 5.93. The Morgan fingerprint density at radius 3 is 2.65 bits per heavy atom. The monoisotopic (exact) mass is 268 g/mol. The quantitative estimate of drug-likeness (QED) is 0.864. The van der Waals surface area contributed by atoms with Crippen LogP contribution in [0.25, 0.3) is 11.3 Å². The minimum atomic E-state index is -0.674. The molecule has 20 heavy (non-hydrogen) atoms. The zero-order valence-electron chi connectivity index (χ0n) is 10.8. The third-order valence-corrected chi connectivity index (χ3v) is 2.73. The predicted molar refractivity (Wildman–Crippen MR) is 73.2 cm³/mol. The van der Waals surface area contributed by atoms with Crippen LogP contribution in [0.3, 0.4) is 0 Å². The number of aromatic nitrogens is 1. The minimum Gasteiger partial charge on any atom is -0.462 e. The number of pyridine rings is 1. The standard InChI is InChI=1S/C15H12N2O3/c1-2-20-15(19)11-8-13(10-6-4-3-5-7-10)17-14(18)12(11)9-16/h3-8H,2H2,1H3,(H,17,18). The van der Waals surface area contributed by atoms with Crippen molar-refractivity contribution in [2.75, 3.05) is 6.61 Å². The number of carbonyl (C=O) groups excluding carboxylic acids is 1. The molecular formula is C15H12N2O3. The predicted octanol–water partition coefficient (Wildman–Crippen LogP) is 2.09. The fraction of sp³-hybridized carbons (Fsp3) is 0.133. The molecule has 0 amide bonds. The van der Waals surface area contributed by atoms with E-state index in [2.05, 4.69) is 4.98 Å². The molecule has 0 aliphatic carbocycles. The fourth-order valence-corrected chi connectivity index (χ4v) is 1.81. The fourth-order valence-electron chi connectivity index (χ4n) is 1.81. The lowest BCUT2D eigenvalue weighted by Gasteiger charge is -2.07. The molecule has 0 unspecified atom stereocenters. The first-order valence-electron chi connectivity index (χ1n) is 6.07. The lowest BCUT2D eigenvalue weighted by atomic mass is 10.1. The number of H-pyrrole nitrogens is 1. The highest BCUT2D eigenvalue weighted by Crippen LogP contribution is 2.18. The Labute approximate surface area is 115 Å². The first-order valence-corrected chi connectivity index (χ1v) is 6.07. The van der Waals surface area contributed by atoms with Crippen molar-refractivity contribution in [3.8, 4) is 17.3 Å². The van der Waals surface area contributed by atoms with Gasteiger partial charge in [-0.3, -0.25) is 4.79 Å². The number of carbonyl (C=O) groups is 1. The van der Waals surface area contributed by atoms with Crippen LogP contribution in [0.2, 0.25) is 0 Å². The Balaban J connectivity index is 2.62. The Morgan fingerprint density at radius 2 is 2.05 bits per heavy atom. The van der Waals surface area contributed by atoms with Gasteiger partial charge in [-0.15, -0.1) is 0 Å². The summed E-state index contributed by atoms with van der Waals surface area (Å²) < 4.78 is 4.87. The Bertz CT molecular complexity index is 727. The number of rotatable bonds is 3. The van der Waals surface area contributed by atoms with E-state index in [-0.39, 0.29) is 17.7 Å². The van der Waals surface area contributed by atoms with Crippen LogP contribution in [0.1, 0.15) is 22.8 Å². The third kappa shape index (κ3) is 2.59. The van der Waals surface area contributed by atoms with Crippen LogP contribution >= 0.6 is 0 Å². The molecule has 0 aliphatic rings. The van der Waals surface area contributed by atoms with Crippen LogP contribution in [0.15, 0.2) is 41.2 Å². The maximum Gasteiger partial charge on any atom is 0.339 e. The summed E-state index contributed by atoms with van der Waals surface area (Å²) >= 11 is 0. The first-order chi connectivity index (χ1) is 9.67. The van der Waals surface area contributed by atoms with Gasteiger partial charge >= 0.3 is 5.97 Å². The molecule has 0 fully saturated rings. The molecule has 5 nitrogen and oxygen atoms in total. The zero-order chi connectivity index (χ0) is 14.5. The summed E-state index contributed by atoms with van der Waals surface area (Å²) in [5.74, 6) is -0.674. The van der Waals surface area contributed by atoms with E-state index < -0.39 is 11.5 Å². The van der Waals surface area contributed by atoms with Crippen LogP contribution in [-0.4, -0.2) is 17.6 Å². The van der Waals surface area contributed by atoms with Gasteiger partial charge in [0.2, 0.25) is 0 Å². The molecule has 1 aromatic carbocycles. The molecule has 0 bridgehead atoms. The molecule has 0 aliphatic heterocycles. The summed E-state index contributed by atoms with van der Waals surface area (Å²) in [6.07, 6.45) is 0. The molecule has 1 N–H and O–H groups in total. The molecule has 0 atom stereocenters. The van der Waals surface area contributed by atoms with Gasteiger partial charge in [0, 0.05) is 5.69 Å². The first kappa shape index (κ1) is 13.6. The Hall–Kier alpha value is -2.87. The van der Waals surface area contributed by atoms with E-state index >= 15 is 0 Å². The highest BCUT2D eigenvalue weighted by Gasteiger charge is 2.17. The van der Waals surface area contributed by atoms with Crippen molar-refractivity contribution in [2.45, 2.75) is 6.92 Å². The molecule has 1 heterocycles. The smallest absolute Gasteiger partial charge is 0.339 e. The summed E-state index contributed by atoms with van der Waals surface area (Å²) in [5, 5.41) is 9.00. The van der Waals surface area contributed by atoms with Gasteiger partial charge in [0.15, 0.2) is 0 Å². The van der Waals surface area contributed by atoms with Gasteiger partial charge in [-0.25, -0.2) is 4.79 Å². The largest absolute Gasteiger partial charge is 0.462 e. The summed E-state index contributed by atoms with van der Waals surface area (Å²) in [5.41, 5.74) is 0.370. The molecule has 0 saturated heterocycles. The maximum atomic E-state index is 11.9. The number of benzene rings is 1. The van der Waals surface area contributed by atoms with E-state index in [0.717, 1.165) is 5.56 Å². The van der Waals surface area contributed by atoms with Gasteiger partial charge < -0.3 is 9.72 Å². The van der Waals surface area contributed by atoms with Gasteiger partial charge in [-0.2, -0.15) is 5.26 Å². The van der Waals surface area contributed by atoms with Crippen LogP contribution in [-0.2, 0) is 4.74 Å². The second-order valence-electron chi connectivity index (χ2n) is 4.00. The summed E-state index contributed by atoms with van der Waals surface area (Å²) in [6, 6.07) is 12.3. The number of nitrogens with one attached hydrogen (secondary N) is 1. The van der Waals surface area contributed by atoms with Crippen LogP contribution in [0.4, 0.5) is 0 Å². The number of ether oxygens (including phenoxy) is 1. The van der Waals surface area contributed by atoms with Crippen molar-refractivity contribution in [1.29, 1.82) is 5.26 Å². The lowest BCUT2D eigenvalue weighted by Crippen LogP contribution is -2.18. The van der Waals surface area contributed by atoms with Crippen LogP contribution < -0.4 is 5.56 Å². The summed E-state index contributed by atoms with van der Waals surface area (Å²) in [7, 11) is 0. The molecule has 5 heteroatoms. The van der Waals surface area contributed by atoms with Crippen molar-refractivity contribution in [3.63, 3.8) is 0 Å². The number of hydrogen-bond donors (Lipinski definition) is 1. The van der Waals surface area contributed by atoms with Crippen molar-refractivity contribution in [1.82, 2.24) is 4.98 Å². The molecule has 2 rings (SSSR count). The average Bonchev–Trinajstić information content (AvgIpc) is 2.47. The van der Waals surface area contributed by atoms with E-state index in [1.54, 1.807) is 25.1 Å². The van der Waals surface area contributed by atoms with E-state index in [9.17, 15) is 9.59 Å². The molecule has 0 radical (unpaired) electrons. The average molecular weight is 268 g/mol. The molecule has 0 saturated carbocycles. The van der Waals surface area contributed by atoms with Crippen LogP contribution in [0, 0.1) is 11.3 Å². The normalized spacial score (nSPS) is 9.80. The van der Waals surface area contributed by atoms with E-state index in [1.165, 1.54) is 6.07 Å². The molecular weight excluding hydrogens is 256 g/mol. The van der Waals surface area contributed by atoms with E-state index in [4.69, 9.17) is 10.00 Å². The number of esters is 1. The Morgan fingerprint density at radius 1 is 1.35 bits per heavy atom. The van der Waals surface area contributed by atoms with Gasteiger partial charge in [-0.05, 0) is 18.6 Å². The second-order valence-corrected chi connectivity index (χ2v) is 4.00. The number of hydrogen-bond acceptors (Lipinski definition) is 4. The van der Waals surface area contributed by atoms with Gasteiger partial charge in [0.1, 0.15) is 11.6 Å². The molecule has 0 spiro atoms. The van der Waals surface area contributed by atoms with Crippen molar-refractivity contribution >= 4 is 5.97 Å². The topological polar surface area (TPSA) is 83.0 Å². The summed E-state index contributed by atoms with van der Waals surface area (Å²) in [6.45, 7) is 1.84. The van der Waals surface area contributed by atoms with Gasteiger partial charge in [0.25, 0.3) is 5.56 Å². The van der Waals surface area contributed by atoms with Crippen LogP contribution in [0.5, 0.6) is 0 Å². The lowest BCUT2D eigenvalue weighted by molar-refractivity contribution is 0.0525. The van der Waals surface area contributed by atoms with Crippen molar-refractivity contribution in [3.05, 3.63) is 57.9 Å². The number of nitrogens with zero attached hydrogens (tertiary/aromatic N) is 1. The van der Waals surface area contributed by atoms with E-state index in [0.29, 0.717) is 5.69 Å². The second kappa shape index (κ2) is 5.85. The van der Waals surface area contributed by atoms with Gasteiger partial charge in [-0.1, -0.05) is 30.3 Å². The highest BCUT2D eigenvalue weighted by atomic mass is 16.5. The van der Waals surface area contributed by atoms with Gasteiger partial charge in [0.05, 0.1) is 12.2 Å². The van der Waals surface area contributed by atoms with Crippen molar-refractivity contribution < 1.29 is 9.53 Å². The minimum absolute atomic E-state index is 0.0167.